The summed E-state index contributed by atoms with van der Waals surface area (Å²) >= 11 is 0. The standard InChI is InChI=1S/C14H20FN3O2S/c1-4-7-17-14(16-2)18-9-12-8-13(15)6-5-11(12)10-21(3,19)20/h4-6,8H,1,7,9-10H2,2-3H3,(H2,16,17,18). The van der Waals surface area contributed by atoms with Crippen molar-refractivity contribution in [3.8, 4) is 0 Å². The van der Waals surface area contributed by atoms with Crippen LogP contribution in [0.1, 0.15) is 11.1 Å². The van der Waals surface area contributed by atoms with Crippen molar-refractivity contribution in [3.05, 3.63) is 47.8 Å². The molecule has 0 radical (unpaired) electrons. The van der Waals surface area contributed by atoms with E-state index in [2.05, 4.69) is 22.2 Å². The first-order valence-corrected chi connectivity index (χ1v) is 8.42. The van der Waals surface area contributed by atoms with E-state index >= 15 is 0 Å². The van der Waals surface area contributed by atoms with Gasteiger partial charge in [-0.3, -0.25) is 4.99 Å². The molecule has 0 unspecified atom stereocenters. The van der Waals surface area contributed by atoms with Gasteiger partial charge >= 0.3 is 0 Å². The molecule has 0 saturated carbocycles. The van der Waals surface area contributed by atoms with E-state index in [1.807, 2.05) is 0 Å². The van der Waals surface area contributed by atoms with Crippen LogP contribution in [-0.4, -0.2) is 34.2 Å². The highest BCUT2D eigenvalue weighted by atomic mass is 32.2. The van der Waals surface area contributed by atoms with E-state index in [0.29, 0.717) is 23.6 Å². The fourth-order valence-electron chi connectivity index (χ4n) is 1.75. The molecule has 0 heterocycles. The monoisotopic (exact) mass is 313 g/mol. The second-order valence-electron chi connectivity index (χ2n) is 4.58. The first-order chi connectivity index (χ1) is 9.85. The van der Waals surface area contributed by atoms with Crippen molar-refractivity contribution in [1.82, 2.24) is 10.6 Å². The molecule has 1 aromatic carbocycles. The molecule has 2 N–H and O–H groups in total. The molecule has 1 aromatic rings. The first-order valence-electron chi connectivity index (χ1n) is 6.36. The Morgan fingerprint density at radius 2 is 2.10 bits per heavy atom. The second kappa shape index (κ2) is 7.78. The van der Waals surface area contributed by atoms with E-state index in [0.717, 1.165) is 6.26 Å². The number of sulfone groups is 1. The van der Waals surface area contributed by atoms with Crippen LogP contribution in [0.4, 0.5) is 4.39 Å². The molecule has 0 aliphatic carbocycles. The Hall–Kier alpha value is -1.89. The third-order valence-corrected chi connectivity index (χ3v) is 3.51. The van der Waals surface area contributed by atoms with Gasteiger partial charge in [0.15, 0.2) is 15.8 Å². The number of nitrogens with zero attached hydrogens (tertiary/aromatic N) is 1. The Kier molecular flexibility index (Phi) is 6.36. The molecular weight excluding hydrogens is 293 g/mol. The molecule has 116 valence electrons. The van der Waals surface area contributed by atoms with Gasteiger partial charge < -0.3 is 10.6 Å². The summed E-state index contributed by atoms with van der Waals surface area (Å²) in [4.78, 5) is 4.00. The van der Waals surface area contributed by atoms with Crippen LogP contribution in [0.3, 0.4) is 0 Å². The van der Waals surface area contributed by atoms with Crippen LogP contribution in [-0.2, 0) is 22.1 Å². The molecule has 0 bridgehead atoms. The molecular formula is C14H20FN3O2S. The maximum atomic E-state index is 13.4. The Balaban J connectivity index is 2.86. The number of benzene rings is 1. The van der Waals surface area contributed by atoms with Crippen molar-refractivity contribution in [1.29, 1.82) is 0 Å². The van der Waals surface area contributed by atoms with Crippen molar-refractivity contribution < 1.29 is 12.8 Å². The fraction of sp³-hybridized carbons (Fsp3) is 0.357. The number of halogens is 1. The second-order valence-corrected chi connectivity index (χ2v) is 6.72. The predicted molar refractivity (Wildman–Crippen MR) is 83.3 cm³/mol. The van der Waals surface area contributed by atoms with Crippen LogP contribution in [0.25, 0.3) is 0 Å². The van der Waals surface area contributed by atoms with Crippen molar-refractivity contribution in [2.75, 3.05) is 19.8 Å². The normalized spacial score (nSPS) is 12.0. The number of nitrogens with one attached hydrogen (secondary N) is 2. The van der Waals surface area contributed by atoms with Crippen molar-refractivity contribution in [3.63, 3.8) is 0 Å². The lowest BCUT2D eigenvalue weighted by molar-refractivity contribution is 0.599. The molecule has 7 heteroatoms. The van der Waals surface area contributed by atoms with Crippen LogP contribution in [0.15, 0.2) is 35.8 Å². The summed E-state index contributed by atoms with van der Waals surface area (Å²) in [6, 6.07) is 4.08. The van der Waals surface area contributed by atoms with Crippen LogP contribution in [0.5, 0.6) is 0 Å². The van der Waals surface area contributed by atoms with Gasteiger partial charge in [0.05, 0.1) is 5.75 Å². The zero-order valence-corrected chi connectivity index (χ0v) is 13.0. The van der Waals surface area contributed by atoms with Crippen molar-refractivity contribution in [2.45, 2.75) is 12.3 Å². The van der Waals surface area contributed by atoms with E-state index < -0.39 is 15.7 Å². The maximum Gasteiger partial charge on any atom is 0.191 e. The lowest BCUT2D eigenvalue weighted by atomic mass is 10.1. The number of rotatable bonds is 6. The van der Waals surface area contributed by atoms with E-state index in [4.69, 9.17) is 0 Å². The number of aliphatic imine (C=N–C) groups is 1. The Morgan fingerprint density at radius 1 is 1.38 bits per heavy atom. The summed E-state index contributed by atoms with van der Waals surface area (Å²) in [5, 5.41) is 5.98. The number of guanidine groups is 1. The minimum Gasteiger partial charge on any atom is -0.353 e. The lowest BCUT2D eigenvalue weighted by Gasteiger charge is -2.13. The number of hydrogen-bond donors (Lipinski definition) is 2. The zero-order chi connectivity index (χ0) is 15.9. The topological polar surface area (TPSA) is 70.6 Å². The third kappa shape index (κ3) is 6.40. The predicted octanol–water partition coefficient (Wildman–Crippen LogP) is 1.22. The molecule has 21 heavy (non-hydrogen) atoms. The summed E-state index contributed by atoms with van der Waals surface area (Å²) in [6.45, 7) is 4.41. The van der Waals surface area contributed by atoms with E-state index in [-0.39, 0.29) is 12.3 Å². The Morgan fingerprint density at radius 3 is 2.67 bits per heavy atom. The highest BCUT2D eigenvalue weighted by molar-refractivity contribution is 7.89. The average molecular weight is 313 g/mol. The van der Waals surface area contributed by atoms with Gasteiger partial charge in [0.1, 0.15) is 5.82 Å². The zero-order valence-electron chi connectivity index (χ0n) is 12.2. The molecule has 1 rings (SSSR count). The quantitative estimate of drug-likeness (QED) is 0.471. The van der Waals surface area contributed by atoms with Gasteiger partial charge in [-0.25, -0.2) is 12.8 Å². The van der Waals surface area contributed by atoms with E-state index in [1.165, 1.54) is 18.2 Å². The number of hydrogen-bond acceptors (Lipinski definition) is 3. The fourth-order valence-corrected chi connectivity index (χ4v) is 2.60. The van der Waals surface area contributed by atoms with Crippen LogP contribution >= 0.6 is 0 Å². The molecule has 0 aromatic heterocycles. The largest absolute Gasteiger partial charge is 0.353 e. The minimum absolute atomic E-state index is 0.122. The van der Waals surface area contributed by atoms with Gasteiger partial charge in [-0.1, -0.05) is 12.1 Å². The molecule has 0 spiro atoms. The van der Waals surface area contributed by atoms with Crippen LogP contribution in [0.2, 0.25) is 0 Å². The molecule has 0 saturated heterocycles. The van der Waals surface area contributed by atoms with Gasteiger partial charge in [-0.15, -0.1) is 6.58 Å². The van der Waals surface area contributed by atoms with Gasteiger partial charge in [-0.05, 0) is 23.3 Å². The van der Waals surface area contributed by atoms with E-state index in [1.54, 1.807) is 13.1 Å². The SMILES string of the molecule is C=CCNC(=NC)NCc1cc(F)ccc1CS(C)(=O)=O. The maximum absolute atomic E-state index is 13.4. The third-order valence-electron chi connectivity index (χ3n) is 2.67. The van der Waals surface area contributed by atoms with Gasteiger partial charge in [-0.2, -0.15) is 0 Å². The van der Waals surface area contributed by atoms with Crippen LogP contribution < -0.4 is 10.6 Å². The van der Waals surface area contributed by atoms with Gasteiger partial charge in [0.2, 0.25) is 0 Å². The molecule has 0 atom stereocenters. The Labute approximate surface area is 124 Å². The molecule has 0 fully saturated rings. The van der Waals surface area contributed by atoms with Crippen molar-refractivity contribution in [2.24, 2.45) is 4.99 Å². The summed E-state index contributed by atoms with van der Waals surface area (Å²) in [7, 11) is -1.57. The van der Waals surface area contributed by atoms with Crippen LogP contribution in [0, 0.1) is 5.82 Å². The summed E-state index contributed by atoms with van der Waals surface area (Å²) in [5.41, 5.74) is 1.16. The average Bonchev–Trinajstić information content (AvgIpc) is 2.40. The summed E-state index contributed by atoms with van der Waals surface area (Å²) in [6.07, 6.45) is 2.84. The first kappa shape index (κ1) is 17.2. The van der Waals surface area contributed by atoms with Gasteiger partial charge in [0, 0.05) is 26.4 Å². The molecule has 0 amide bonds. The highest BCUT2D eigenvalue weighted by Crippen LogP contribution is 2.14. The lowest BCUT2D eigenvalue weighted by Crippen LogP contribution is -2.37. The molecule has 5 nitrogen and oxygen atoms in total. The Bertz CT molecular complexity index is 627. The van der Waals surface area contributed by atoms with E-state index in [9.17, 15) is 12.8 Å². The van der Waals surface area contributed by atoms with Crippen molar-refractivity contribution >= 4 is 15.8 Å². The summed E-state index contributed by atoms with van der Waals surface area (Å²) in [5.74, 6) is 0.00532. The highest BCUT2D eigenvalue weighted by Gasteiger charge is 2.11. The van der Waals surface area contributed by atoms with Gasteiger partial charge in [0.25, 0.3) is 0 Å². The minimum atomic E-state index is -3.18. The molecule has 0 aliphatic rings. The summed E-state index contributed by atoms with van der Waals surface area (Å²) < 4.78 is 36.2. The smallest absolute Gasteiger partial charge is 0.191 e. The molecule has 0 aliphatic heterocycles.